The molecule has 1 aromatic heterocycles. The summed E-state index contributed by atoms with van der Waals surface area (Å²) in [6.45, 7) is 4.02. The number of amides is 3. The molecule has 0 radical (unpaired) electrons. The van der Waals surface area contributed by atoms with Gasteiger partial charge in [-0.2, -0.15) is 0 Å². The van der Waals surface area contributed by atoms with Gasteiger partial charge in [-0.15, -0.1) is 0 Å². The van der Waals surface area contributed by atoms with Gasteiger partial charge < -0.3 is 10.6 Å². The SMILES string of the molecule is CCCCc1ccc(NC(=O)C(=O)Nn2c(C(=O)Nc3ccc(Br)cc3C)cc3cc(Br)ccc32)cc1. The zero-order valence-corrected chi connectivity index (χ0v) is 23.6. The molecule has 0 saturated heterocycles. The van der Waals surface area contributed by atoms with E-state index in [1.807, 2.05) is 37.3 Å². The van der Waals surface area contributed by atoms with Gasteiger partial charge in [0, 0.05) is 25.7 Å². The van der Waals surface area contributed by atoms with Crippen molar-refractivity contribution in [1.82, 2.24) is 4.68 Å². The molecule has 7 nitrogen and oxygen atoms in total. The third-order valence-electron chi connectivity index (χ3n) is 5.88. The number of aromatic nitrogens is 1. The van der Waals surface area contributed by atoms with Crippen LogP contribution in [0.4, 0.5) is 11.4 Å². The number of rotatable bonds is 7. The molecule has 3 amide bonds. The van der Waals surface area contributed by atoms with Crippen LogP contribution in [-0.4, -0.2) is 22.4 Å². The minimum Gasteiger partial charge on any atom is -0.320 e. The first kappa shape index (κ1) is 26.6. The van der Waals surface area contributed by atoms with Crippen LogP contribution < -0.4 is 16.1 Å². The summed E-state index contributed by atoms with van der Waals surface area (Å²) in [5.41, 5.74) is 6.53. The van der Waals surface area contributed by atoms with E-state index in [0.717, 1.165) is 39.2 Å². The summed E-state index contributed by atoms with van der Waals surface area (Å²) in [6.07, 6.45) is 3.16. The molecule has 0 fully saturated rings. The van der Waals surface area contributed by atoms with Gasteiger partial charge in [0.05, 0.1) is 5.52 Å². The van der Waals surface area contributed by atoms with Gasteiger partial charge in [0.15, 0.2) is 0 Å². The Morgan fingerprint density at radius 1 is 0.838 bits per heavy atom. The van der Waals surface area contributed by atoms with Crippen molar-refractivity contribution in [1.29, 1.82) is 0 Å². The van der Waals surface area contributed by atoms with E-state index in [1.165, 1.54) is 10.2 Å². The van der Waals surface area contributed by atoms with Crippen LogP contribution in [0.5, 0.6) is 0 Å². The van der Waals surface area contributed by atoms with Crippen LogP contribution in [0.3, 0.4) is 0 Å². The van der Waals surface area contributed by atoms with Crippen LogP contribution >= 0.6 is 31.9 Å². The minimum atomic E-state index is -0.899. The molecule has 3 N–H and O–H groups in total. The van der Waals surface area contributed by atoms with E-state index in [0.29, 0.717) is 16.9 Å². The highest BCUT2D eigenvalue weighted by Crippen LogP contribution is 2.25. The van der Waals surface area contributed by atoms with Crippen molar-refractivity contribution < 1.29 is 14.4 Å². The smallest absolute Gasteiger partial charge is 0.320 e. The topological polar surface area (TPSA) is 92.2 Å². The first-order valence-electron chi connectivity index (χ1n) is 11.8. The molecule has 0 atom stereocenters. The van der Waals surface area contributed by atoms with Crippen molar-refractivity contribution in [3.8, 4) is 0 Å². The molecule has 190 valence electrons. The van der Waals surface area contributed by atoms with E-state index < -0.39 is 17.7 Å². The molecule has 0 aliphatic rings. The summed E-state index contributed by atoms with van der Waals surface area (Å²) in [5.74, 6) is -2.17. The second-order valence-electron chi connectivity index (χ2n) is 8.68. The van der Waals surface area contributed by atoms with E-state index in [9.17, 15) is 14.4 Å². The van der Waals surface area contributed by atoms with Crippen molar-refractivity contribution in [2.75, 3.05) is 16.1 Å². The summed E-state index contributed by atoms with van der Waals surface area (Å²) in [4.78, 5) is 38.8. The largest absolute Gasteiger partial charge is 0.328 e. The summed E-state index contributed by atoms with van der Waals surface area (Å²) < 4.78 is 3.05. The van der Waals surface area contributed by atoms with E-state index in [4.69, 9.17) is 0 Å². The molecule has 1 heterocycles. The Morgan fingerprint density at radius 2 is 1.54 bits per heavy atom. The van der Waals surface area contributed by atoms with Crippen LogP contribution in [0, 0.1) is 6.92 Å². The summed E-state index contributed by atoms with van der Waals surface area (Å²) in [6, 6.07) is 20.0. The predicted octanol–water partition coefficient (Wildman–Crippen LogP) is 6.78. The highest BCUT2D eigenvalue weighted by Gasteiger charge is 2.21. The predicted molar refractivity (Wildman–Crippen MR) is 155 cm³/mol. The molecule has 4 aromatic rings. The zero-order valence-electron chi connectivity index (χ0n) is 20.4. The average Bonchev–Trinajstić information content (AvgIpc) is 3.22. The van der Waals surface area contributed by atoms with Gasteiger partial charge in [-0.3, -0.25) is 19.8 Å². The summed E-state index contributed by atoms with van der Waals surface area (Å²) in [5, 5.41) is 6.22. The molecule has 0 bridgehead atoms. The number of carbonyl (C=O) groups is 3. The monoisotopic (exact) mass is 624 g/mol. The fraction of sp³-hybridized carbons (Fsp3) is 0.179. The van der Waals surface area contributed by atoms with Gasteiger partial charge >= 0.3 is 11.8 Å². The molecule has 9 heteroatoms. The Labute approximate surface area is 231 Å². The van der Waals surface area contributed by atoms with Crippen molar-refractivity contribution in [2.24, 2.45) is 0 Å². The number of benzene rings is 3. The quantitative estimate of drug-likeness (QED) is 0.198. The zero-order chi connectivity index (χ0) is 26.5. The number of nitrogens with zero attached hydrogens (tertiary/aromatic N) is 1. The van der Waals surface area contributed by atoms with E-state index in [1.54, 1.807) is 36.4 Å². The molecule has 0 unspecified atom stereocenters. The number of halogens is 2. The van der Waals surface area contributed by atoms with Gasteiger partial charge in [0.2, 0.25) is 0 Å². The van der Waals surface area contributed by atoms with E-state index in [-0.39, 0.29) is 5.69 Å². The molecule has 4 rings (SSSR count). The third kappa shape index (κ3) is 6.47. The van der Waals surface area contributed by atoms with Crippen LogP contribution in [0.1, 0.15) is 41.4 Å². The fourth-order valence-electron chi connectivity index (χ4n) is 3.90. The van der Waals surface area contributed by atoms with Crippen LogP contribution in [0.2, 0.25) is 0 Å². The second kappa shape index (κ2) is 11.7. The number of anilines is 2. The lowest BCUT2D eigenvalue weighted by Gasteiger charge is -2.14. The average molecular weight is 626 g/mol. The van der Waals surface area contributed by atoms with Crippen molar-refractivity contribution in [3.63, 3.8) is 0 Å². The molecule has 0 aliphatic heterocycles. The van der Waals surface area contributed by atoms with Crippen LogP contribution in [-0.2, 0) is 16.0 Å². The Hall–Kier alpha value is -3.43. The number of carbonyl (C=O) groups excluding carboxylic acids is 3. The molecule has 3 aromatic carbocycles. The molecular formula is C28H26Br2N4O3. The first-order valence-corrected chi connectivity index (χ1v) is 13.4. The highest BCUT2D eigenvalue weighted by molar-refractivity contribution is 9.10. The maximum atomic E-state index is 13.3. The standard InChI is InChI=1S/C28H26Br2N4O3/c1-3-4-5-18-6-10-22(11-7-18)31-27(36)28(37)33-34-24-13-9-21(30)15-19(24)16-25(34)26(35)32-23-12-8-20(29)14-17(23)2/h6-16H,3-5H2,1-2H3,(H,31,36)(H,32,35)(H,33,37). The molecule has 0 spiro atoms. The Kier molecular flexibility index (Phi) is 8.45. The first-order chi connectivity index (χ1) is 17.7. The maximum absolute atomic E-state index is 13.3. The molecule has 0 aliphatic carbocycles. The Balaban J connectivity index is 1.56. The van der Waals surface area contributed by atoms with Gasteiger partial charge in [-0.05, 0) is 85.5 Å². The van der Waals surface area contributed by atoms with Gasteiger partial charge in [0.25, 0.3) is 5.91 Å². The number of unbranched alkanes of at least 4 members (excludes halogenated alkanes) is 1. The molecular weight excluding hydrogens is 600 g/mol. The summed E-state index contributed by atoms with van der Waals surface area (Å²) in [7, 11) is 0. The van der Waals surface area contributed by atoms with E-state index in [2.05, 4.69) is 54.8 Å². The third-order valence-corrected chi connectivity index (χ3v) is 6.87. The van der Waals surface area contributed by atoms with Crippen LogP contribution in [0.25, 0.3) is 10.9 Å². The summed E-state index contributed by atoms with van der Waals surface area (Å²) >= 11 is 6.86. The minimum absolute atomic E-state index is 0.178. The number of aryl methyl sites for hydroxylation is 2. The molecule has 0 saturated carbocycles. The van der Waals surface area contributed by atoms with Gasteiger partial charge in [-0.1, -0.05) is 57.3 Å². The lowest BCUT2D eigenvalue weighted by Crippen LogP contribution is -2.36. The van der Waals surface area contributed by atoms with Crippen molar-refractivity contribution in [3.05, 3.63) is 92.5 Å². The van der Waals surface area contributed by atoms with Gasteiger partial charge in [-0.25, -0.2) is 4.68 Å². The molecule has 37 heavy (non-hydrogen) atoms. The number of fused-ring (bicyclic) bond motifs is 1. The van der Waals surface area contributed by atoms with Crippen molar-refractivity contribution in [2.45, 2.75) is 33.1 Å². The Morgan fingerprint density at radius 3 is 2.24 bits per heavy atom. The number of nitrogens with one attached hydrogen (secondary N) is 3. The highest BCUT2D eigenvalue weighted by atomic mass is 79.9. The van der Waals surface area contributed by atoms with Gasteiger partial charge in [0.1, 0.15) is 5.69 Å². The second-order valence-corrected chi connectivity index (χ2v) is 10.5. The maximum Gasteiger partial charge on any atom is 0.328 e. The lowest BCUT2D eigenvalue weighted by atomic mass is 10.1. The number of hydrogen-bond donors (Lipinski definition) is 3. The van der Waals surface area contributed by atoms with Crippen molar-refractivity contribution >= 4 is 71.9 Å². The van der Waals surface area contributed by atoms with Crippen LogP contribution in [0.15, 0.2) is 75.7 Å². The number of hydrogen-bond acceptors (Lipinski definition) is 3. The fourth-order valence-corrected chi connectivity index (χ4v) is 4.76. The normalized spacial score (nSPS) is 10.8. The van der Waals surface area contributed by atoms with E-state index >= 15 is 0 Å². The Bertz CT molecular complexity index is 1480. The lowest BCUT2D eigenvalue weighted by molar-refractivity contribution is -0.133.